The number of imidazole rings is 1. The van der Waals surface area contributed by atoms with Gasteiger partial charge in [-0.05, 0) is 32.1 Å². The largest absolute Gasteiger partial charge is 0.256 e. The number of hydrogen-bond donors (Lipinski definition) is 0. The average Bonchev–Trinajstić information content (AvgIpc) is 3.03. The summed E-state index contributed by atoms with van der Waals surface area (Å²) in [5, 5.41) is 0. The van der Waals surface area contributed by atoms with Gasteiger partial charge in [-0.3, -0.25) is 0 Å². The molecule has 0 fully saturated rings. The summed E-state index contributed by atoms with van der Waals surface area (Å²) in [5.41, 5.74) is 0. The van der Waals surface area contributed by atoms with E-state index in [1.165, 1.54) is 116 Å². The molecule has 1 rings (SSSR count). The molecule has 0 N–H and O–H groups in total. The number of aromatic nitrogens is 2. The maximum absolute atomic E-state index is 2.57. The Hall–Kier alpha value is -0.790. The lowest BCUT2D eigenvalue weighted by molar-refractivity contribution is -0.704. The molecule has 0 radical (unpaired) electrons. The number of hydrogen-bond acceptors (Lipinski definition) is 0. The van der Waals surface area contributed by atoms with Crippen LogP contribution < -0.4 is 4.57 Å². The van der Waals surface area contributed by atoms with Gasteiger partial charge in [0.1, 0.15) is 12.4 Å². The minimum absolute atomic E-state index is 1.22. The summed E-state index contributed by atoms with van der Waals surface area (Å²) < 4.78 is 5.13. The van der Waals surface area contributed by atoms with Gasteiger partial charge in [0.2, 0.25) is 0 Å². The molecule has 1 aromatic heterocycles. The first-order valence-corrected chi connectivity index (χ1v) is 11.9. The third-order valence-electron chi connectivity index (χ3n) is 5.60. The molecule has 152 valence electrons. The molecule has 1 aromatic rings. The molecule has 0 saturated carbocycles. The lowest BCUT2D eigenvalue weighted by Crippen LogP contribution is -2.37. The van der Waals surface area contributed by atoms with E-state index in [1.807, 2.05) is 0 Å². The van der Waals surface area contributed by atoms with Crippen molar-refractivity contribution in [3.63, 3.8) is 0 Å². The Bertz CT molecular complexity index is 422. The van der Waals surface area contributed by atoms with Crippen LogP contribution in [0, 0.1) is 0 Å². The summed E-state index contributed by atoms with van der Waals surface area (Å²) in [6.07, 6.45) is 26.6. The Morgan fingerprint density at radius 2 is 1.19 bits per heavy atom. The van der Waals surface area contributed by atoms with Gasteiger partial charge in [-0.15, -0.1) is 0 Å². The monoisotopic (exact) mass is 363 g/mol. The lowest BCUT2D eigenvalue weighted by atomic mass is 10.1. The van der Waals surface area contributed by atoms with Crippen LogP contribution in [-0.4, -0.2) is 4.57 Å². The summed E-state index contributed by atoms with van der Waals surface area (Å²) in [6.45, 7) is 9.33. The molecule has 1 heterocycles. The van der Waals surface area contributed by atoms with E-state index in [2.05, 4.69) is 42.3 Å². The molecule has 26 heavy (non-hydrogen) atoms. The van der Waals surface area contributed by atoms with Gasteiger partial charge in [0.05, 0.1) is 13.1 Å². The molecule has 0 saturated heterocycles. The van der Waals surface area contributed by atoms with Crippen molar-refractivity contribution in [3.8, 4) is 0 Å². The molecule has 0 bridgehead atoms. The van der Waals surface area contributed by atoms with E-state index in [1.54, 1.807) is 5.82 Å². The zero-order valence-electron chi connectivity index (χ0n) is 18.3. The first-order chi connectivity index (χ1) is 12.8. The maximum atomic E-state index is 2.57. The number of nitrogens with zero attached hydrogens (tertiary/aromatic N) is 2. The summed E-state index contributed by atoms with van der Waals surface area (Å²) in [5.74, 6) is 1.59. The Balaban J connectivity index is 2.43. The van der Waals surface area contributed by atoms with Crippen LogP contribution in [-0.2, 0) is 19.5 Å². The molecule has 0 unspecified atom stereocenters. The predicted octanol–water partition coefficient (Wildman–Crippen LogP) is 7.23. The number of unbranched alkanes of at least 4 members (excludes halogenated alkanes) is 12. The topological polar surface area (TPSA) is 8.81 Å². The standard InChI is InChI=1S/C24H47N2/c1-4-7-10-13-14-15-18-21-26-23-22-25(20-17-12-9-6-3)24(26)19-16-11-8-5-2/h22-23H,4-21H2,1-3H3/q+1. The van der Waals surface area contributed by atoms with Gasteiger partial charge in [0.15, 0.2) is 0 Å². The summed E-state index contributed by atoms with van der Waals surface area (Å²) >= 11 is 0. The summed E-state index contributed by atoms with van der Waals surface area (Å²) in [4.78, 5) is 0. The Labute approximate surface area is 164 Å². The van der Waals surface area contributed by atoms with Gasteiger partial charge in [0, 0.05) is 6.42 Å². The molecule has 0 aliphatic carbocycles. The fraction of sp³-hybridized carbons (Fsp3) is 0.875. The highest BCUT2D eigenvalue weighted by Crippen LogP contribution is 2.10. The van der Waals surface area contributed by atoms with E-state index in [0.29, 0.717) is 0 Å². The second-order valence-corrected chi connectivity index (χ2v) is 8.09. The second kappa shape index (κ2) is 16.4. The van der Waals surface area contributed by atoms with Crippen molar-refractivity contribution in [2.75, 3.05) is 0 Å². The highest BCUT2D eigenvalue weighted by Gasteiger charge is 2.16. The minimum atomic E-state index is 1.22. The third-order valence-corrected chi connectivity index (χ3v) is 5.60. The van der Waals surface area contributed by atoms with Crippen molar-refractivity contribution >= 4 is 0 Å². The van der Waals surface area contributed by atoms with Crippen LogP contribution in [0.25, 0.3) is 0 Å². The minimum Gasteiger partial charge on any atom is -0.234 e. The van der Waals surface area contributed by atoms with Gasteiger partial charge in [-0.2, -0.15) is 0 Å². The quantitative estimate of drug-likeness (QED) is 0.192. The highest BCUT2D eigenvalue weighted by molar-refractivity contribution is 4.84. The van der Waals surface area contributed by atoms with E-state index >= 15 is 0 Å². The molecule has 2 nitrogen and oxygen atoms in total. The SMILES string of the molecule is CCCCCCCCC[n+]1ccn(CCCCCC)c1CCCCCC. The van der Waals surface area contributed by atoms with Gasteiger partial charge < -0.3 is 0 Å². The average molecular weight is 364 g/mol. The van der Waals surface area contributed by atoms with Crippen LogP contribution in [0.15, 0.2) is 12.4 Å². The maximum Gasteiger partial charge on any atom is 0.256 e. The van der Waals surface area contributed by atoms with Crippen molar-refractivity contribution < 1.29 is 4.57 Å². The molecule has 0 aliphatic heterocycles. The van der Waals surface area contributed by atoms with E-state index in [0.717, 1.165) is 0 Å². The predicted molar refractivity (Wildman–Crippen MR) is 115 cm³/mol. The van der Waals surface area contributed by atoms with Crippen LogP contribution in [0.2, 0.25) is 0 Å². The van der Waals surface area contributed by atoms with Crippen molar-refractivity contribution in [1.29, 1.82) is 0 Å². The van der Waals surface area contributed by atoms with Crippen LogP contribution in [0.5, 0.6) is 0 Å². The fourth-order valence-corrected chi connectivity index (χ4v) is 3.85. The highest BCUT2D eigenvalue weighted by atomic mass is 15.1. The first-order valence-electron chi connectivity index (χ1n) is 11.9. The Kier molecular flexibility index (Phi) is 14.7. The summed E-state index contributed by atoms with van der Waals surface area (Å²) in [7, 11) is 0. The molecule has 2 heteroatoms. The van der Waals surface area contributed by atoms with Crippen molar-refractivity contribution in [2.24, 2.45) is 0 Å². The smallest absolute Gasteiger partial charge is 0.234 e. The Morgan fingerprint density at radius 3 is 1.85 bits per heavy atom. The van der Waals surface area contributed by atoms with Crippen LogP contribution in [0.1, 0.15) is 123 Å². The molecule has 0 aromatic carbocycles. The number of rotatable bonds is 18. The molecular weight excluding hydrogens is 316 g/mol. The van der Waals surface area contributed by atoms with Crippen molar-refractivity contribution in [2.45, 2.75) is 137 Å². The second-order valence-electron chi connectivity index (χ2n) is 8.09. The fourth-order valence-electron chi connectivity index (χ4n) is 3.85. The van der Waals surface area contributed by atoms with Crippen LogP contribution in [0.4, 0.5) is 0 Å². The van der Waals surface area contributed by atoms with E-state index in [9.17, 15) is 0 Å². The van der Waals surface area contributed by atoms with Crippen LogP contribution in [0.3, 0.4) is 0 Å². The van der Waals surface area contributed by atoms with Gasteiger partial charge in [-0.25, -0.2) is 9.13 Å². The summed E-state index contributed by atoms with van der Waals surface area (Å²) in [6, 6.07) is 0. The normalized spacial score (nSPS) is 11.3. The van der Waals surface area contributed by atoms with Gasteiger partial charge >= 0.3 is 0 Å². The van der Waals surface area contributed by atoms with Crippen molar-refractivity contribution in [1.82, 2.24) is 4.57 Å². The molecule has 0 amide bonds. The third kappa shape index (κ3) is 10.4. The molecule has 0 spiro atoms. The van der Waals surface area contributed by atoms with Gasteiger partial charge in [-0.1, -0.05) is 85.0 Å². The Morgan fingerprint density at radius 1 is 0.654 bits per heavy atom. The first kappa shape index (κ1) is 23.2. The van der Waals surface area contributed by atoms with E-state index in [-0.39, 0.29) is 0 Å². The van der Waals surface area contributed by atoms with E-state index < -0.39 is 0 Å². The molecule has 0 atom stereocenters. The lowest BCUT2D eigenvalue weighted by Gasteiger charge is -2.06. The zero-order valence-corrected chi connectivity index (χ0v) is 18.3. The zero-order chi connectivity index (χ0) is 18.9. The van der Waals surface area contributed by atoms with Gasteiger partial charge in [0.25, 0.3) is 5.82 Å². The van der Waals surface area contributed by atoms with Crippen LogP contribution >= 0.6 is 0 Å². The van der Waals surface area contributed by atoms with Crippen molar-refractivity contribution in [3.05, 3.63) is 18.2 Å². The number of aryl methyl sites for hydroxylation is 2. The molecule has 0 aliphatic rings. The van der Waals surface area contributed by atoms with E-state index in [4.69, 9.17) is 0 Å². The molecular formula is C24H47N2+.